The molecule has 0 unspecified atom stereocenters. The van der Waals surface area contributed by atoms with Crippen LogP contribution in [0.15, 0.2) is 27.1 Å². The zero-order chi connectivity index (χ0) is 15.6. The number of ether oxygens (including phenoxy) is 2. The lowest BCUT2D eigenvalue weighted by molar-refractivity contribution is -0.187. The summed E-state index contributed by atoms with van der Waals surface area (Å²) in [4.78, 5) is 14.2. The van der Waals surface area contributed by atoms with E-state index >= 15 is 0 Å². The number of amides is 1. The maximum atomic E-state index is 12.3. The van der Waals surface area contributed by atoms with E-state index in [1.165, 1.54) is 0 Å². The van der Waals surface area contributed by atoms with Crippen LogP contribution in [0, 0.1) is 0 Å². The van der Waals surface area contributed by atoms with Crippen LogP contribution in [-0.4, -0.2) is 49.4 Å². The van der Waals surface area contributed by atoms with Gasteiger partial charge in [-0.15, -0.1) is 0 Å². The molecule has 2 saturated heterocycles. The van der Waals surface area contributed by atoms with Crippen molar-refractivity contribution in [2.75, 3.05) is 38.2 Å². The molecule has 1 N–H and O–H groups in total. The number of rotatable bonds is 3. The lowest BCUT2D eigenvalue weighted by Crippen LogP contribution is -2.48. The summed E-state index contributed by atoms with van der Waals surface area (Å²) in [5.74, 6) is -0.342. The lowest BCUT2D eigenvalue weighted by atomic mass is 10.0. The molecule has 1 aromatic carbocycles. The highest BCUT2D eigenvalue weighted by molar-refractivity contribution is 9.11. The Balaban J connectivity index is 1.53. The monoisotopic (exact) mass is 432 g/mol. The van der Waals surface area contributed by atoms with Crippen molar-refractivity contribution in [3.8, 4) is 0 Å². The van der Waals surface area contributed by atoms with Crippen molar-refractivity contribution in [1.82, 2.24) is 4.90 Å². The number of carbonyl (C=O) groups excluding carboxylic acids is 1. The predicted molar refractivity (Wildman–Crippen MR) is 90.8 cm³/mol. The van der Waals surface area contributed by atoms with Crippen LogP contribution in [0.1, 0.15) is 12.8 Å². The van der Waals surface area contributed by atoms with Crippen molar-refractivity contribution in [2.24, 2.45) is 0 Å². The topological polar surface area (TPSA) is 50.8 Å². The Kier molecular flexibility index (Phi) is 5.07. The molecule has 0 atom stereocenters. The van der Waals surface area contributed by atoms with E-state index in [1.807, 2.05) is 23.1 Å². The standard InChI is InChI=1S/C15H18Br2N2O3/c16-11-2-1-3-12(17)14(11)18-10-13(20)19-6-4-15(5-7-19)21-8-9-22-15/h1-3,18H,4-10H2. The molecule has 5 nitrogen and oxygen atoms in total. The fraction of sp³-hybridized carbons (Fsp3) is 0.533. The maximum Gasteiger partial charge on any atom is 0.241 e. The maximum absolute atomic E-state index is 12.3. The number of likely N-dealkylation sites (tertiary alicyclic amines) is 1. The molecule has 2 aliphatic rings. The quantitative estimate of drug-likeness (QED) is 0.796. The van der Waals surface area contributed by atoms with Crippen LogP contribution in [-0.2, 0) is 14.3 Å². The van der Waals surface area contributed by atoms with E-state index in [9.17, 15) is 4.79 Å². The Morgan fingerprint density at radius 1 is 1.18 bits per heavy atom. The van der Waals surface area contributed by atoms with Crippen molar-refractivity contribution in [3.63, 3.8) is 0 Å². The number of hydrogen-bond donors (Lipinski definition) is 1. The molecule has 2 fully saturated rings. The predicted octanol–water partition coefficient (Wildman–Crippen LogP) is 2.99. The molecule has 0 saturated carbocycles. The third-order valence-electron chi connectivity index (χ3n) is 4.07. The Morgan fingerprint density at radius 2 is 1.77 bits per heavy atom. The first-order chi connectivity index (χ1) is 10.6. The summed E-state index contributed by atoms with van der Waals surface area (Å²) in [5, 5.41) is 3.19. The van der Waals surface area contributed by atoms with Crippen LogP contribution in [0.3, 0.4) is 0 Å². The smallest absolute Gasteiger partial charge is 0.241 e. The highest BCUT2D eigenvalue weighted by Crippen LogP contribution is 2.32. The van der Waals surface area contributed by atoms with Crippen LogP contribution < -0.4 is 5.32 Å². The molecule has 0 aromatic heterocycles. The molecular weight excluding hydrogens is 416 g/mol. The molecule has 7 heteroatoms. The Morgan fingerprint density at radius 3 is 2.36 bits per heavy atom. The van der Waals surface area contributed by atoms with Crippen LogP contribution in [0.4, 0.5) is 5.69 Å². The fourth-order valence-corrected chi connectivity index (χ4v) is 4.10. The van der Waals surface area contributed by atoms with E-state index in [4.69, 9.17) is 9.47 Å². The summed E-state index contributed by atoms with van der Waals surface area (Å²) in [5.41, 5.74) is 0.895. The van der Waals surface area contributed by atoms with E-state index in [1.54, 1.807) is 0 Å². The summed E-state index contributed by atoms with van der Waals surface area (Å²) in [6.45, 7) is 2.95. The minimum absolute atomic E-state index is 0.0931. The molecule has 3 rings (SSSR count). The average molecular weight is 434 g/mol. The zero-order valence-corrected chi connectivity index (χ0v) is 15.3. The van der Waals surface area contributed by atoms with Crippen LogP contribution in [0.2, 0.25) is 0 Å². The van der Waals surface area contributed by atoms with Gasteiger partial charge >= 0.3 is 0 Å². The number of carbonyl (C=O) groups is 1. The van der Waals surface area contributed by atoms with Crippen molar-refractivity contribution in [2.45, 2.75) is 18.6 Å². The second kappa shape index (κ2) is 6.86. The van der Waals surface area contributed by atoms with E-state index in [-0.39, 0.29) is 12.5 Å². The summed E-state index contributed by atoms with van der Waals surface area (Å²) in [6.07, 6.45) is 1.49. The largest absolute Gasteiger partial charge is 0.374 e. The van der Waals surface area contributed by atoms with E-state index in [0.717, 1.165) is 27.5 Å². The second-order valence-electron chi connectivity index (χ2n) is 5.44. The van der Waals surface area contributed by atoms with Crippen molar-refractivity contribution in [1.29, 1.82) is 0 Å². The van der Waals surface area contributed by atoms with E-state index < -0.39 is 5.79 Å². The molecule has 2 heterocycles. The highest BCUT2D eigenvalue weighted by Gasteiger charge is 2.40. The molecule has 0 aliphatic carbocycles. The van der Waals surface area contributed by atoms with Crippen molar-refractivity contribution < 1.29 is 14.3 Å². The SMILES string of the molecule is O=C(CNc1c(Br)cccc1Br)N1CCC2(CC1)OCCO2. The van der Waals surface area contributed by atoms with Gasteiger partial charge in [0.2, 0.25) is 5.91 Å². The molecule has 22 heavy (non-hydrogen) atoms. The Hall–Kier alpha value is -0.630. The number of nitrogens with one attached hydrogen (secondary N) is 1. The van der Waals surface area contributed by atoms with Gasteiger partial charge in [0.05, 0.1) is 25.4 Å². The van der Waals surface area contributed by atoms with Gasteiger partial charge < -0.3 is 19.7 Å². The second-order valence-corrected chi connectivity index (χ2v) is 7.15. The molecule has 0 bridgehead atoms. The van der Waals surface area contributed by atoms with Gasteiger partial charge in [-0.1, -0.05) is 6.07 Å². The Labute approximate surface area is 146 Å². The third kappa shape index (κ3) is 3.48. The number of para-hydroxylation sites is 1. The first-order valence-electron chi connectivity index (χ1n) is 7.33. The molecule has 1 aromatic rings. The minimum Gasteiger partial charge on any atom is -0.374 e. The molecule has 2 aliphatic heterocycles. The van der Waals surface area contributed by atoms with Crippen molar-refractivity contribution >= 4 is 43.5 Å². The molecule has 1 amide bonds. The van der Waals surface area contributed by atoms with Gasteiger partial charge in [0.15, 0.2) is 5.79 Å². The van der Waals surface area contributed by atoms with Crippen LogP contribution in [0.5, 0.6) is 0 Å². The van der Waals surface area contributed by atoms with Gasteiger partial charge in [0.25, 0.3) is 0 Å². The van der Waals surface area contributed by atoms with Crippen LogP contribution in [0.25, 0.3) is 0 Å². The van der Waals surface area contributed by atoms with E-state index in [2.05, 4.69) is 37.2 Å². The number of halogens is 2. The first kappa shape index (κ1) is 16.2. The van der Waals surface area contributed by atoms with Crippen LogP contribution >= 0.6 is 31.9 Å². The molecular formula is C15H18Br2N2O3. The van der Waals surface area contributed by atoms with Gasteiger partial charge in [-0.05, 0) is 44.0 Å². The first-order valence-corrected chi connectivity index (χ1v) is 8.92. The third-order valence-corrected chi connectivity index (χ3v) is 5.39. The molecule has 1 spiro atoms. The molecule has 120 valence electrons. The van der Waals surface area contributed by atoms with Gasteiger partial charge in [-0.3, -0.25) is 4.79 Å². The normalized spacial score (nSPS) is 20.4. The summed E-state index contributed by atoms with van der Waals surface area (Å²) in [7, 11) is 0. The zero-order valence-electron chi connectivity index (χ0n) is 12.1. The summed E-state index contributed by atoms with van der Waals surface area (Å²) < 4.78 is 13.2. The number of anilines is 1. The van der Waals surface area contributed by atoms with Gasteiger partial charge in [-0.2, -0.15) is 0 Å². The summed E-state index contributed by atoms with van der Waals surface area (Å²) in [6, 6.07) is 5.82. The van der Waals surface area contributed by atoms with Crippen molar-refractivity contribution in [3.05, 3.63) is 27.1 Å². The molecule has 0 radical (unpaired) electrons. The summed E-state index contributed by atoms with van der Waals surface area (Å²) >= 11 is 6.97. The van der Waals surface area contributed by atoms with E-state index in [0.29, 0.717) is 26.3 Å². The minimum atomic E-state index is -0.435. The number of nitrogens with zero attached hydrogens (tertiary/aromatic N) is 1. The lowest BCUT2D eigenvalue weighted by Gasteiger charge is -2.37. The number of benzene rings is 1. The van der Waals surface area contributed by atoms with Gasteiger partial charge in [0, 0.05) is 34.9 Å². The van der Waals surface area contributed by atoms with Gasteiger partial charge in [-0.25, -0.2) is 0 Å². The average Bonchev–Trinajstić information content (AvgIpc) is 2.95. The Bertz CT molecular complexity index is 531. The highest BCUT2D eigenvalue weighted by atomic mass is 79.9. The fourth-order valence-electron chi connectivity index (χ4n) is 2.82. The number of hydrogen-bond acceptors (Lipinski definition) is 4. The van der Waals surface area contributed by atoms with Gasteiger partial charge in [0.1, 0.15) is 0 Å². The number of piperidine rings is 1.